The molecule has 31 heavy (non-hydrogen) atoms. The van der Waals surface area contributed by atoms with Crippen molar-refractivity contribution in [2.45, 2.75) is 25.9 Å². The second kappa shape index (κ2) is 9.08. The number of ether oxygens (including phenoxy) is 3. The van der Waals surface area contributed by atoms with E-state index in [4.69, 9.17) is 14.2 Å². The van der Waals surface area contributed by atoms with Crippen molar-refractivity contribution in [3.05, 3.63) is 71.4 Å². The summed E-state index contributed by atoms with van der Waals surface area (Å²) in [7, 11) is 3.17. The summed E-state index contributed by atoms with van der Waals surface area (Å²) in [6.07, 6.45) is 2.71. The summed E-state index contributed by atoms with van der Waals surface area (Å²) in [5.41, 5.74) is 5.03. The van der Waals surface area contributed by atoms with Crippen LogP contribution in [-0.2, 0) is 17.6 Å². The molecule has 0 saturated carbocycles. The Kier molecular flexibility index (Phi) is 6.07. The third-order valence-corrected chi connectivity index (χ3v) is 5.43. The van der Waals surface area contributed by atoms with Gasteiger partial charge in [-0.3, -0.25) is 9.78 Å². The Hall–Kier alpha value is -3.54. The molecule has 1 aliphatic heterocycles. The van der Waals surface area contributed by atoms with Crippen LogP contribution in [0.25, 0.3) is 11.3 Å². The highest BCUT2D eigenvalue weighted by atomic mass is 16.5. The number of hydrogen-bond donors (Lipinski definition) is 1. The summed E-state index contributed by atoms with van der Waals surface area (Å²) in [4.78, 5) is 17.0. The molecule has 6 heteroatoms. The minimum Gasteiger partial charge on any atom is -0.493 e. The number of hydrogen-bond acceptors (Lipinski definition) is 5. The zero-order valence-corrected chi connectivity index (χ0v) is 18.0. The highest BCUT2D eigenvalue weighted by molar-refractivity contribution is 5.79. The van der Waals surface area contributed by atoms with Gasteiger partial charge < -0.3 is 19.5 Å². The fourth-order valence-corrected chi connectivity index (χ4v) is 3.87. The summed E-state index contributed by atoms with van der Waals surface area (Å²) in [5, 5.41) is 2.99. The van der Waals surface area contributed by atoms with Gasteiger partial charge in [-0.25, -0.2) is 0 Å². The predicted octanol–water partition coefficient (Wildman–Crippen LogP) is 3.74. The lowest BCUT2D eigenvalue weighted by Gasteiger charge is -2.14. The number of nitrogens with one attached hydrogen (secondary N) is 1. The number of fused-ring (bicyclic) bond motifs is 1. The molecule has 0 fully saturated rings. The van der Waals surface area contributed by atoms with Gasteiger partial charge in [0.15, 0.2) is 11.5 Å². The lowest BCUT2D eigenvalue weighted by Crippen LogP contribution is -2.35. The Morgan fingerprint density at radius 3 is 2.74 bits per heavy atom. The molecule has 3 aromatic rings. The van der Waals surface area contributed by atoms with Crippen LogP contribution in [0.2, 0.25) is 0 Å². The molecule has 0 radical (unpaired) electrons. The zero-order chi connectivity index (χ0) is 21.8. The Morgan fingerprint density at radius 1 is 1.13 bits per heavy atom. The molecule has 2 heterocycles. The third-order valence-electron chi connectivity index (χ3n) is 5.43. The van der Waals surface area contributed by atoms with Crippen LogP contribution in [0.1, 0.15) is 16.7 Å². The standard InChI is InChI=1S/C25H26N2O4/c1-16-6-5-11-26-24(16)20-8-4-7-18-14-19(31-25(18)20)15-27-23(28)13-17-9-10-21(29-2)22(12-17)30-3/h4-12,19H,13-15H2,1-3H3,(H,27,28). The molecule has 0 spiro atoms. The number of aromatic nitrogens is 1. The Bertz CT molecular complexity index is 1100. The number of methoxy groups -OCH3 is 2. The van der Waals surface area contributed by atoms with Gasteiger partial charge in [0.05, 0.1) is 32.9 Å². The number of nitrogens with zero attached hydrogens (tertiary/aromatic N) is 1. The summed E-state index contributed by atoms with van der Waals surface area (Å²) < 4.78 is 16.8. The first-order valence-corrected chi connectivity index (χ1v) is 10.3. The maximum absolute atomic E-state index is 12.5. The molecule has 1 atom stereocenters. The van der Waals surface area contributed by atoms with Gasteiger partial charge in [-0.05, 0) is 47.9 Å². The van der Waals surface area contributed by atoms with E-state index in [1.165, 1.54) is 0 Å². The van der Waals surface area contributed by atoms with E-state index in [2.05, 4.69) is 16.4 Å². The van der Waals surface area contributed by atoms with E-state index < -0.39 is 0 Å². The average Bonchev–Trinajstić information content (AvgIpc) is 3.21. The van der Waals surface area contributed by atoms with E-state index >= 15 is 0 Å². The molecule has 1 aromatic heterocycles. The molecular formula is C25H26N2O4. The molecule has 0 saturated heterocycles. The third kappa shape index (κ3) is 4.48. The minimum atomic E-state index is -0.102. The largest absolute Gasteiger partial charge is 0.493 e. The Balaban J connectivity index is 1.38. The first-order valence-electron chi connectivity index (χ1n) is 10.3. The number of carbonyl (C=O) groups excluding carboxylic acids is 1. The van der Waals surface area contributed by atoms with Gasteiger partial charge in [-0.2, -0.15) is 0 Å². The number of benzene rings is 2. The smallest absolute Gasteiger partial charge is 0.224 e. The maximum atomic E-state index is 12.5. The van der Waals surface area contributed by atoms with Crippen molar-refractivity contribution in [2.24, 2.45) is 0 Å². The molecule has 2 aromatic carbocycles. The van der Waals surface area contributed by atoms with E-state index in [1.54, 1.807) is 26.5 Å². The quantitative estimate of drug-likeness (QED) is 0.633. The van der Waals surface area contributed by atoms with Gasteiger partial charge in [-0.15, -0.1) is 0 Å². The van der Waals surface area contributed by atoms with Gasteiger partial charge >= 0.3 is 0 Å². The fraction of sp³-hybridized carbons (Fsp3) is 0.280. The van der Waals surface area contributed by atoms with Gasteiger partial charge in [0.2, 0.25) is 5.91 Å². The van der Waals surface area contributed by atoms with Crippen molar-refractivity contribution in [3.63, 3.8) is 0 Å². The van der Waals surface area contributed by atoms with Crippen LogP contribution in [0.4, 0.5) is 0 Å². The Labute approximate surface area is 182 Å². The van der Waals surface area contributed by atoms with Crippen molar-refractivity contribution >= 4 is 5.91 Å². The molecule has 6 nitrogen and oxygen atoms in total. The summed E-state index contributed by atoms with van der Waals surface area (Å²) in [6, 6.07) is 15.6. The number of rotatable bonds is 7. The first kappa shape index (κ1) is 20.7. The lowest BCUT2D eigenvalue weighted by molar-refractivity contribution is -0.120. The minimum absolute atomic E-state index is 0.0624. The number of amides is 1. The van der Waals surface area contributed by atoms with Crippen LogP contribution in [0.5, 0.6) is 17.2 Å². The number of aryl methyl sites for hydroxylation is 1. The molecule has 0 bridgehead atoms. The molecule has 0 aliphatic carbocycles. The van der Waals surface area contributed by atoms with Crippen molar-refractivity contribution < 1.29 is 19.0 Å². The monoisotopic (exact) mass is 418 g/mol. The van der Waals surface area contributed by atoms with Crippen molar-refractivity contribution in [1.29, 1.82) is 0 Å². The molecule has 160 valence electrons. The van der Waals surface area contributed by atoms with Crippen molar-refractivity contribution in [3.8, 4) is 28.5 Å². The van der Waals surface area contributed by atoms with Gasteiger partial charge in [-0.1, -0.05) is 24.3 Å². The zero-order valence-electron chi connectivity index (χ0n) is 18.0. The van der Waals surface area contributed by atoms with Crippen molar-refractivity contribution in [2.75, 3.05) is 20.8 Å². The molecule has 1 aliphatic rings. The lowest BCUT2D eigenvalue weighted by atomic mass is 10.0. The fourth-order valence-electron chi connectivity index (χ4n) is 3.87. The number of pyridine rings is 1. The molecule has 4 rings (SSSR count). The van der Waals surface area contributed by atoms with Crippen LogP contribution in [0.15, 0.2) is 54.7 Å². The second-order valence-electron chi connectivity index (χ2n) is 7.58. The first-order chi connectivity index (χ1) is 15.1. The Morgan fingerprint density at radius 2 is 1.97 bits per heavy atom. The van der Waals surface area contributed by atoms with Gasteiger partial charge in [0.1, 0.15) is 11.9 Å². The van der Waals surface area contributed by atoms with Crippen LogP contribution in [0, 0.1) is 6.92 Å². The van der Waals surface area contributed by atoms with Crippen LogP contribution in [-0.4, -0.2) is 37.8 Å². The van der Waals surface area contributed by atoms with Crippen LogP contribution < -0.4 is 19.5 Å². The molecular weight excluding hydrogens is 392 g/mol. The number of carbonyl (C=O) groups is 1. The summed E-state index contributed by atoms with van der Waals surface area (Å²) in [5.74, 6) is 2.05. The SMILES string of the molecule is COc1ccc(CC(=O)NCC2Cc3cccc(-c4ncccc4C)c3O2)cc1OC. The highest BCUT2D eigenvalue weighted by Gasteiger charge is 2.26. The van der Waals surface area contributed by atoms with Crippen LogP contribution in [0.3, 0.4) is 0 Å². The summed E-state index contributed by atoms with van der Waals surface area (Å²) >= 11 is 0. The van der Waals surface area contributed by atoms with E-state index in [0.717, 1.165) is 40.1 Å². The van der Waals surface area contributed by atoms with E-state index in [9.17, 15) is 4.79 Å². The summed E-state index contributed by atoms with van der Waals surface area (Å²) in [6.45, 7) is 2.49. The van der Waals surface area contributed by atoms with Crippen molar-refractivity contribution in [1.82, 2.24) is 10.3 Å². The van der Waals surface area contributed by atoms with E-state index in [1.807, 2.05) is 43.3 Å². The topological polar surface area (TPSA) is 69.7 Å². The number of para-hydroxylation sites is 1. The molecule has 1 amide bonds. The van der Waals surface area contributed by atoms with Gasteiger partial charge in [0.25, 0.3) is 0 Å². The maximum Gasteiger partial charge on any atom is 0.224 e. The normalized spacial score (nSPS) is 14.5. The van der Waals surface area contributed by atoms with Gasteiger partial charge in [0, 0.05) is 18.2 Å². The average molecular weight is 418 g/mol. The predicted molar refractivity (Wildman–Crippen MR) is 119 cm³/mol. The molecule has 1 unspecified atom stereocenters. The highest BCUT2D eigenvalue weighted by Crippen LogP contribution is 2.38. The van der Waals surface area contributed by atoms with E-state index in [0.29, 0.717) is 18.0 Å². The molecule has 1 N–H and O–H groups in total. The van der Waals surface area contributed by atoms with E-state index in [-0.39, 0.29) is 18.4 Å². The van der Waals surface area contributed by atoms with Crippen LogP contribution >= 0.6 is 0 Å². The second-order valence-corrected chi connectivity index (χ2v) is 7.58.